The van der Waals surface area contributed by atoms with E-state index in [1.165, 1.54) is 0 Å². The van der Waals surface area contributed by atoms with Crippen LogP contribution >= 0.6 is 0 Å². The zero-order valence-electron chi connectivity index (χ0n) is 14.0. The van der Waals surface area contributed by atoms with Crippen LogP contribution in [0, 0.1) is 11.6 Å². The lowest BCUT2D eigenvalue weighted by Gasteiger charge is -2.36. The minimum atomic E-state index is -0.927. The van der Waals surface area contributed by atoms with Gasteiger partial charge in [0, 0.05) is 12.1 Å². The van der Waals surface area contributed by atoms with Gasteiger partial charge in [-0.2, -0.15) is 0 Å². The fourth-order valence-electron chi connectivity index (χ4n) is 3.61. The van der Waals surface area contributed by atoms with Crippen LogP contribution in [0.1, 0.15) is 21.5 Å². The first-order valence-corrected chi connectivity index (χ1v) is 8.45. The molecule has 1 amide bonds. The summed E-state index contributed by atoms with van der Waals surface area (Å²) in [4.78, 5) is 14.7. The van der Waals surface area contributed by atoms with Crippen LogP contribution in [0.2, 0.25) is 0 Å². The summed E-state index contributed by atoms with van der Waals surface area (Å²) in [5.74, 6) is -2.06. The maximum Gasteiger partial charge on any atom is 0.255 e. The monoisotopic (exact) mass is 353 g/mol. The number of aliphatic hydroxyl groups excluding tert-OH is 1. The van der Waals surface area contributed by atoms with E-state index in [1.54, 1.807) is 11.0 Å². The lowest BCUT2D eigenvalue weighted by atomic mass is 9.92. The molecule has 0 unspecified atom stereocenters. The molecule has 0 saturated heterocycles. The molecule has 0 saturated carbocycles. The molecular weight excluding hydrogens is 336 g/mol. The number of fused-ring (bicyclic) bond motifs is 2. The lowest BCUT2D eigenvalue weighted by Crippen LogP contribution is -2.46. The van der Waals surface area contributed by atoms with Gasteiger partial charge in [0.25, 0.3) is 5.91 Å². The van der Waals surface area contributed by atoms with Crippen molar-refractivity contribution >= 4 is 16.7 Å². The van der Waals surface area contributed by atoms with Gasteiger partial charge in [0.1, 0.15) is 0 Å². The fraction of sp³-hybridized carbons (Fsp3) is 0.190. The highest BCUT2D eigenvalue weighted by Crippen LogP contribution is 2.28. The highest BCUT2D eigenvalue weighted by molar-refractivity contribution is 6.07. The summed E-state index contributed by atoms with van der Waals surface area (Å²) in [6.45, 7) is -0.102. The van der Waals surface area contributed by atoms with Gasteiger partial charge in [0.15, 0.2) is 11.6 Å². The van der Waals surface area contributed by atoms with Crippen LogP contribution in [0.4, 0.5) is 8.78 Å². The van der Waals surface area contributed by atoms with Crippen molar-refractivity contribution in [1.82, 2.24) is 4.90 Å². The van der Waals surface area contributed by atoms with E-state index in [1.807, 2.05) is 36.4 Å². The first-order valence-electron chi connectivity index (χ1n) is 8.45. The molecule has 1 aliphatic rings. The van der Waals surface area contributed by atoms with Gasteiger partial charge in [0.2, 0.25) is 0 Å². The van der Waals surface area contributed by atoms with E-state index in [9.17, 15) is 18.7 Å². The first kappa shape index (κ1) is 16.7. The highest BCUT2D eigenvalue weighted by atomic mass is 19.2. The molecular formula is C21H17F2NO2. The normalized spacial score (nSPS) is 16.6. The average Bonchev–Trinajstić information content (AvgIpc) is 2.67. The molecule has 3 aromatic carbocycles. The SMILES string of the molecule is O=C(c1cccc2ccccc12)N1Cc2cc(F)c(F)cc2C[C@H]1CO. The summed E-state index contributed by atoms with van der Waals surface area (Å²) in [5, 5.41) is 11.5. The van der Waals surface area contributed by atoms with E-state index in [-0.39, 0.29) is 19.1 Å². The van der Waals surface area contributed by atoms with Gasteiger partial charge in [-0.3, -0.25) is 4.79 Å². The molecule has 3 aromatic rings. The minimum Gasteiger partial charge on any atom is -0.394 e. The Hall–Kier alpha value is -2.79. The summed E-state index contributed by atoms with van der Waals surface area (Å²) in [7, 11) is 0. The standard InChI is InChI=1S/C21H17F2NO2/c22-19-9-14-8-16(12-25)24(11-15(14)10-20(19)23)21(26)18-7-3-5-13-4-1-2-6-17(13)18/h1-7,9-10,16,25H,8,11-12H2/t16-/m0/s1. The molecule has 0 aromatic heterocycles. The molecule has 0 bridgehead atoms. The van der Waals surface area contributed by atoms with Crippen LogP contribution in [-0.2, 0) is 13.0 Å². The van der Waals surface area contributed by atoms with Crippen molar-refractivity contribution in [3.63, 3.8) is 0 Å². The van der Waals surface area contributed by atoms with Gasteiger partial charge in [-0.1, -0.05) is 36.4 Å². The van der Waals surface area contributed by atoms with Crippen molar-refractivity contribution in [3.05, 3.63) is 82.9 Å². The van der Waals surface area contributed by atoms with Gasteiger partial charge < -0.3 is 10.0 Å². The molecule has 26 heavy (non-hydrogen) atoms. The summed E-state index contributed by atoms with van der Waals surface area (Å²) >= 11 is 0. The second-order valence-electron chi connectivity index (χ2n) is 6.54. The molecule has 0 fully saturated rings. The molecule has 132 valence electrons. The molecule has 4 rings (SSSR count). The number of aliphatic hydroxyl groups is 1. The van der Waals surface area contributed by atoms with Crippen LogP contribution in [0.3, 0.4) is 0 Å². The molecule has 3 nitrogen and oxygen atoms in total. The highest BCUT2D eigenvalue weighted by Gasteiger charge is 2.31. The Morgan fingerprint density at radius 1 is 1.04 bits per heavy atom. The molecule has 5 heteroatoms. The quantitative estimate of drug-likeness (QED) is 0.764. The van der Waals surface area contributed by atoms with Crippen molar-refractivity contribution in [2.24, 2.45) is 0 Å². The van der Waals surface area contributed by atoms with Crippen LogP contribution in [0.5, 0.6) is 0 Å². The largest absolute Gasteiger partial charge is 0.394 e. The van der Waals surface area contributed by atoms with Gasteiger partial charge >= 0.3 is 0 Å². The Labute approximate surface area is 149 Å². The Balaban J connectivity index is 1.75. The molecule has 1 aliphatic heterocycles. The van der Waals surface area contributed by atoms with Crippen molar-refractivity contribution < 1.29 is 18.7 Å². The van der Waals surface area contributed by atoms with E-state index < -0.39 is 17.7 Å². The second-order valence-corrected chi connectivity index (χ2v) is 6.54. The van der Waals surface area contributed by atoms with Crippen LogP contribution in [0.25, 0.3) is 10.8 Å². The van der Waals surface area contributed by atoms with Crippen LogP contribution < -0.4 is 0 Å². The zero-order chi connectivity index (χ0) is 18.3. The number of benzene rings is 3. The average molecular weight is 353 g/mol. The van der Waals surface area contributed by atoms with Crippen LogP contribution in [0.15, 0.2) is 54.6 Å². The zero-order valence-corrected chi connectivity index (χ0v) is 14.0. The Bertz CT molecular complexity index is 997. The number of rotatable bonds is 2. The molecule has 0 radical (unpaired) electrons. The predicted octanol–water partition coefficient (Wildman–Crippen LogP) is 3.68. The molecule has 1 atom stereocenters. The van der Waals surface area contributed by atoms with E-state index in [0.29, 0.717) is 23.1 Å². The number of nitrogens with zero attached hydrogens (tertiary/aromatic N) is 1. The fourth-order valence-corrected chi connectivity index (χ4v) is 3.61. The van der Waals surface area contributed by atoms with Crippen molar-refractivity contribution in [1.29, 1.82) is 0 Å². The number of amides is 1. The van der Waals surface area contributed by atoms with E-state index in [4.69, 9.17) is 0 Å². The smallest absolute Gasteiger partial charge is 0.255 e. The molecule has 0 spiro atoms. The van der Waals surface area contributed by atoms with Gasteiger partial charge in [0.05, 0.1) is 12.6 Å². The third-order valence-electron chi connectivity index (χ3n) is 4.97. The Morgan fingerprint density at radius 3 is 2.50 bits per heavy atom. The Morgan fingerprint density at radius 2 is 1.73 bits per heavy atom. The second kappa shape index (κ2) is 6.50. The van der Waals surface area contributed by atoms with E-state index in [2.05, 4.69) is 0 Å². The maximum atomic E-state index is 13.6. The van der Waals surface area contributed by atoms with E-state index >= 15 is 0 Å². The summed E-state index contributed by atoms with van der Waals surface area (Å²) in [5.41, 5.74) is 1.74. The van der Waals surface area contributed by atoms with Gasteiger partial charge in [-0.05, 0) is 46.5 Å². The summed E-state index contributed by atoms with van der Waals surface area (Å²) in [6, 6.07) is 14.9. The first-order chi connectivity index (χ1) is 12.6. The maximum absolute atomic E-state index is 13.6. The number of halogens is 2. The van der Waals surface area contributed by atoms with Crippen molar-refractivity contribution in [3.8, 4) is 0 Å². The number of hydrogen-bond donors (Lipinski definition) is 1. The van der Waals surface area contributed by atoms with Gasteiger partial charge in [-0.25, -0.2) is 8.78 Å². The molecule has 1 heterocycles. The third kappa shape index (κ3) is 2.74. The third-order valence-corrected chi connectivity index (χ3v) is 4.97. The van der Waals surface area contributed by atoms with Gasteiger partial charge in [-0.15, -0.1) is 0 Å². The molecule has 1 N–H and O–H groups in total. The molecule has 0 aliphatic carbocycles. The van der Waals surface area contributed by atoms with Crippen LogP contribution in [-0.4, -0.2) is 28.6 Å². The topological polar surface area (TPSA) is 40.5 Å². The predicted molar refractivity (Wildman–Crippen MR) is 94.8 cm³/mol. The van der Waals surface area contributed by atoms with E-state index in [0.717, 1.165) is 22.9 Å². The lowest BCUT2D eigenvalue weighted by molar-refractivity contribution is 0.0545. The summed E-state index contributed by atoms with van der Waals surface area (Å²) in [6.07, 6.45) is 0.291. The minimum absolute atomic E-state index is 0.139. The van der Waals surface area contributed by atoms with Crippen molar-refractivity contribution in [2.45, 2.75) is 19.0 Å². The number of hydrogen-bond acceptors (Lipinski definition) is 2. The number of carbonyl (C=O) groups excluding carboxylic acids is 1. The number of carbonyl (C=O) groups is 1. The summed E-state index contributed by atoms with van der Waals surface area (Å²) < 4.78 is 27.1. The Kier molecular flexibility index (Phi) is 4.17. The van der Waals surface area contributed by atoms with Crippen molar-refractivity contribution in [2.75, 3.05) is 6.61 Å².